The van der Waals surface area contributed by atoms with Gasteiger partial charge in [0.15, 0.2) is 13.2 Å². The topological polar surface area (TPSA) is 76.2 Å². The molecule has 3 rings (SSSR count). The van der Waals surface area contributed by atoms with E-state index in [2.05, 4.69) is 6.92 Å². The average Bonchev–Trinajstić information content (AvgIpc) is 2.71. The second-order valence-corrected chi connectivity index (χ2v) is 7.63. The Morgan fingerprint density at radius 2 is 1.93 bits per heavy atom. The normalized spacial score (nSPS) is 21.5. The molecule has 2 amide bonds. The van der Waals surface area contributed by atoms with Gasteiger partial charge in [0, 0.05) is 19.6 Å². The number of nitrogens with zero attached hydrogens (tertiary/aromatic N) is 2. The van der Waals surface area contributed by atoms with Crippen LogP contribution in [0.25, 0.3) is 0 Å². The molecule has 1 aliphatic heterocycles. The highest BCUT2D eigenvalue weighted by molar-refractivity contribution is 5.98. The molecule has 1 aromatic carbocycles. The van der Waals surface area contributed by atoms with Crippen molar-refractivity contribution in [3.63, 3.8) is 0 Å². The van der Waals surface area contributed by atoms with Gasteiger partial charge in [-0.2, -0.15) is 0 Å². The Morgan fingerprint density at radius 1 is 1.21 bits per heavy atom. The standard InChI is InChI=1S/C21H28N2O5/c1-15-7-9-16(10-8-15)22(2)19(24)13-28-21(26)11-12-23-17-5-3-4-6-18(17)27-14-20(23)25/h3-6,15-16H,7-14H2,1-2H3. The van der Waals surface area contributed by atoms with Crippen LogP contribution >= 0.6 is 0 Å². The summed E-state index contributed by atoms with van der Waals surface area (Å²) in [5, 5.41) is 0. The molecule has 0 N–H and O–H groups in total. The number of para-hydroxylation sites is 2. The SMILES string of the molecule is CC1CCC(N(C)C(=O)COC(=O)CCN2C(=O)COc3ccccc32)CC1. The van der Waals surface area contributed by atoms with Crippen molar-refractivity contribution >= 4 is 23.5 Å². The average molecular weight is 388 g/mol. The maximum Gasteiger partial charge on any atom is 0.308 e. The smallest absolute Gasteiger partial charge is 0.308 e. The van der Waals surface area contributed by atoms with Crippen molar-refractivity contribution in [2.24, 2.45) is 5.92 Å². The number of rotatable bonds is 6. The fourth-order valence-electron chi connectivity index (χ4n) is 3.75. The summed E-state index contributed by atoms with van der Waals surface area (Å²) in [6.45, 7) is 2.13. The van der Waals surface area contributed by atoms with Crippen LogP contribution in [0.3, 0.4) is 0 Å². The van der Waals surface area contributed by atoms with Crippen LogP contribution in [-0.2, 0) is 19.1 Å². The van der Waals surface area contributed by atoms with Crippen LogP contribution in [0.1, 0.15) is 39.0 Å². The minimum atomic E-state index is -0.490. The number of hydrogen-bond acceptors (Lipinski definition) is 5. The molecule has 1 aromatic rings. The van der Waals surface area contributed by atoms with Gasteiger partial charge in [-0.3, -0.25) is 14.4 Å². The molecular formula is C21H28N2O5. The number of esters is 1. The van der Waals surface area contributed by atoms with Gasteiger partial charge < -0.3 is 19.3 Å². The van der Waals surface area contributed by atoms with Gasteiger partial charge in [-0.05, 0) is 43.7 Å². The molecule has 1 aliphatic carbocycles. The number of benzene rings is 1. The molecule has 0 aromatic heterocycles. The summed E-state index contributed by atoms with van der Waals surface area (Å²) in [7, 11) is 1.78. The van der Waals surface area contributed by atoms with Crippen LogP contribution < -0.4 is 9.64 Å². The minimum absolute atomic E-state index is 0.0258. The van der Waals surface area contributed by atoms with Gasteiger partial charge in [-0.1, -0.05) is 19.1 Å². The first-order valence-corrected chi connectivity index (χ1v) is 9.89. The third kappa shape index (κ3) is 4.82. The summed E-state index contributed by atoms with van der Waals surface area (Å²) >= 11 is 0. The van der Waals surface area contributed by atoms with E-state index in [0.717, 1.165) is 25.7 Å². The minimum Gasteiger partial charge on any atom is -0.482 e. The molecular weight excluding hydrogens is 360 g/mol. The molecule has 0 radical (unpaired) electrons. The van der Waals surface area contributed by atoms with Crippen molar-refractivity contribution in [3.8, 4) is 5.75 Å². The lowest BCUT2D eigenvalue weighted by Gasteiger charge is -2.33. The van der Waals surface area contributed by atoms with Gasteiger partial charge in [-0.25, -0.2) is 0 Å². The van der Waals surface area contributed by atoms with Crippen LogP contribution in [0.4, 0.5) is 5.69 Å². The van der Waals surface area contributed by atoms with E-state index in [-0.39, 0.29) is 44.0 Å². The molecule has 1 fully saturated rings. The van der Waals surface area contributed by atoms with Gasteiger partial charge in [0.25, 0.3) is 11.8 Å². The summed E-state index contributed by atoms with van der Waals surface area (Å²) in [6, 6.07) is 7.43. The Morgan fingerprint density at radius 3 is 2.68 bits per heavy atom. The first kappa shape index (κ1) is 20.2. The van der Waals surface area contributed by atoms with Crippen molar-refractivity contribution in [1.29, 1.82) is 0 Å². The summed E-state index contributed by atoms with van der Waals surface area (Å²) in [5.41, 5.74) is 0.647. The van der Waals surface area contributed by atoms with Gasteiger partial charge in [0.05, 0.1) is 12.1 Å². The van der Waals surface area contributed by atoms with Crippen LogP contribution in [0, 0.1) is 5.92 Å². The quantitative estimate of drug-likeness (QED) is 0.700. The fourth-order valence-corrected chi connectivity index (χ4v) is 3.75. The molecule has 28 heavy (non-hydrogen) atoms. The van der Waals surface area contributed by atoms with Crippen LogP contribution in [0.15, 0.2) is 24.3 Å². The van der Waals surface area contributed by atoms with E-state index in [4.69, 9.17) is 9.47 Å². The molecule has 7 heteroatoms. The summed E-state index contributed by atoms with van der Waals surface area (Å²) in [5.74, 6) is 0.463. The first-order valence-electron chi connectivity index (χ1n) is 9.89. The number of fused-ring (bicyclic) bond motifs is 1. The highest BCUT2D eigenvalue weighted by Gasteiger charge is 2.27. The van der Waals surface area contributed by atoms with Crippen molar-refractivity contribution in [3.05, 3.63) is 24.3 Å². The highest BCUT2D eigenvalue weighted by Crippen LogP contribution is 2.31. The van der Waals surface area contributed by atoms with E-state index in [1.807, 2.05) is 12.1 Å². The summed E-state index contributed by atoms with van der Waals surface area (Å²) in [4.78, 5) is 39.8. The lowest BCUT2D eigenvalue weighted by molar-refractivity contribution is -0.152. The van der Waals surface area contributed by atoms with E-state index >= 15 is 0 Å². The molecule has 1 heterocycles. The maximum absolute atomic E-state index is 12.3. The molecule has 2 aliphatic rings. The van der Waals surface area contributed by atoms with Crippen molar-refractivity contribution < 1.29 is 23.9 Å². The largest absolute Gasteiger partial charge is 0.482 e. The molecule has 0 unspecified atom stereocenters. The Kier molecular flexibility index (Phi) is 6.54. The summed E-state index contributed by atoms with van der Waals surface area (Å²) in [6.07, 6.45) is 4.26. The third-order valence-electron chi connectivity index (χ3n) is 5.63. The van der Waals surface area contributed by atoms with Gasteiger partial charge >= 0.3 is 5.97 Å². The zero-order valence-electron chi connectivity index (χ0n) is 16.6. The number of ether oxygens (including phenoxy) is 2. The monoisotopic (exact) mass is 388 g/mol. The third-order valence-corrected chi connectivity index (χ3v) is 5.63. The Balaban J connectivity index is 1.45. The lowest BCUT2D eigenvalue weighted by Crippen LogP contribution is -2.42. The van der Waals surface area contributed by atoms with Crippen molar-refractivity contribution in [1.82, 2.24) is 4.90 Å². The fraction of sp³-hybridized carbons (Fsp3) is 0.571. The van der Waals surface area contributed by atoms with Gasteiger partial charge in [0.2, 0.25) is 0 Å². The predicted molar refractivity (Wildman–Crippen MR) is 104 cm³/mol. The molecule has 152 valence electrons. The van der Waals surface area contributed by atoms with E-state index in [1.54, 1.807) is 24.1 Å². The van der Waals surface area contributed by atoms with E-state index in [9.17, 15) is 14.4 Å². The van der Waals surface area contributed by atoms with Gasteiger partial charge in [-0.15, -0.1) is 0 Å². The van der Waals surface area contributed by atoms with Crippen LogP contribution in [0.5, 0.6) is 5.75 Å². The van der Waals surface area contributed by atoms with E-state index in [0.29, 0.717) is 17.4 Å². The number of carbonyl (C=O) groups is 3. The number of likely N-dealkylation sites (N-methyl/N-ethyl adjacent to an activating group) is 1. The number of amides is 2. The van der Waals surface area contributed by atoms with Crippen LogP contribution in [0.2, 0.25) is 0 Å². The van der Waals surface area contributed by atoms with Crippen molar-refractivity contribution in [2.75, 3.05) is 31.7 Å². The van der Waals surface area contributed by atoms with E-state index in [1.165, 1.54) is 4.90 Å². The Labute approximate surface area is 165 Å². The Bertz CT molecular complexity index is 727. The zero-order valence-corrected chi connectivity index (χ0v) is 16.6. The molecule has 0 saturated heterocycles. The molecule has 1 saturated carbocycles. The number of anilines is 1. The molecule has 7 nitrogen and oxygen atoms in total. The highest BCUT2D eigenvalue weighted by atomic mass is 16.5. The van der Waals surface area contributed by atoms with Gasteiger partial charge in [0.1, 0.15) is 5.75 Å². The number of carbonyl (C=O) groups excluding carboxylic acids is 3. The van der Waals surface area contributed by atoms with Crippen molar-refractivity contribution in [2.45, 2.75) is 45.1 Å². The molecule has 0 bridgehead atoms. The molecule has 0 spiro atoms. The predicted octanol–water partition coefficient (Wildman–Crippen LogP) is 2.38. The van der Waals surface area contributed by atoms with Crippen LogP contribution in [-0.4, -0.2) is 55.5 Å². The first-order chi connectivity index (χ1) is 13.5. The second-order valence-electron chi connectivity index (χ2n) is 7.63. The molecule has 0 atom stereocenters. The maximum atomic E-state index is 12.3. The Hall–Kier alpha value is -2.57. The lowest BCUT2D eigenvalue weighted by atomic mass is 9.87. The number of hydrogen-bond donors (Lipinski definition) is 0. The zero-order chi connectivity index (χ0) is 20.1. The van der Waals surface area contributed by atoms with E-state index < -0.39 is 5.97 Å². The second kappa shape index (κ2) is 9.08. The summed E-state index contributed by atoms with van der Waals surface area (Å²) < 4.78 is 10.5.